The number of amides is 5. The first-order valence-electron chi connectivity index (χ1n) is 14.4. The van der Waals surface area contributed by atoms with E-state index < -0.39 is 6.04 Å². The van der Waals surface area contributed by atoms with Gasteiger partial charge in [0, 0.05) is 19.7 Å². The summed E-state index contributed by atoms with van der Waals surface area (Å²) in [6.45, 7) is 1.36. The number of allylic oxidation sites excluding steroid dienone is 4. The van der Waals surface area contributed by atoms with Crippen molar-refractivity contribution in [3.63, 3.8) is 0 Å². The van der Waals surface area contributed by atoms with Crippen molar-refractivity contribution < 1.29 is 28.7 Å². The summed E-state index contributed by atoms with van der Waals surface area (Å²) in [4.78, 5) is 69.0. The third kappa shape index (κ3) is 3.57. The molecule has 3 saturated heterocycles. The Bertz CT molecular complexity index is 1080. The molecule has 202 valence electrons. The number of rotatable bonds is 9. The molecule has 0 aromatic carbocycles. The lowest BCUT2D eigenvalue weighted by Crippen LogP contribution is -2.51. The zero-order valence-corrected chi connectivity index (χ0v) is 21.5. The fourth-order valence-corrected chi connectivity index (χ4v) is 8.54. The number of likely N-dealkylation sites (tertiary alicyclic amines) is 2. The minimum atomic E-state index is -0.884. The highest BCUT2D eigenvalue weighted by molar-refractivity contribution is 6.09. The number of ether oxygens (including phenoxy) is 1. The van der Waals surface area contributed by atoms with Crippen LogP contribution in [0.1, 0.15) is 44.9 Å². The molecular weight excluding hydrogens is 486 g/mol. The Morgan fingerprint density at radius 3 is 1.92 bits per heavy atom. The van der Waals surface area contributed by atoms with Crippen LogP contribution in [0, 0.1) is 47.3 Å². The van der Waals surface area contributed by atoms with Crippen molar-refractivity contribution in [1.82, 2.24) is 15.1 Å². The van der Waals surface area contributed by atoms with E-state index in [4.69, 9.17) is 4.74 Å². The summed E-state index contributed by atoms with van der Waals surface area (Å²) >= 11 is 0. The second-order valence-electron chi connectivity index (χ2n) is 12.3. The SMILES string of the molecule is O=C(NC[C@@H]1CCCO1)[C@H](CCCCN1C(=O)[C@@H]2[C@H](C1=O)[C@H]1C=C[C@H]2C1)N1C(=O)[C@H]2[C@H](C1=O)[C@H]1C=C[C@H]2C1. The van der Waals surface area contributed by atoms with E-state index in [9.17, 15) is 24.0 Å². The van der Waals surface area contributed by atoms with Crippen molar-refractivity contribution in [1.29, 1.82) is 0 Å². The summed E-state index contributed by atoms with van der Waals surface area (Å²) in [5.41, 5.74) is 0. The molecule has 38 heavy (non-hydrogen) atoms. The van der Waals surface area contributed by atoms with Crippen LogP contribution in [0.25, 0.3) is 0 Å². The van der Waals surface area contributed by atoms with Crippen LogP contribution >= 0.6 is 0 Å². The fraction of sp³-hybridized carbons (Fsp3) is 0.690. The molecule has 9 nitrogen and oxygen atoms in total. The van der Waals surface area contributed by atoms with Gasteiger partial charge in [0.05, 0.1) is 29.8 Å². The van der Waals surface area contributed by atoms with Gasteiger partial charge in [-0.3, -0.25) is 33.8 Å². The van der Waals surface area contributed by atoms with Gasteiger partial charge in [0.15, 0.2) is 0 Å². The summed E-state index contributed by atoms with van der Waals surface area (Å²) in [5.74, 6) is -1.52. The molecule has 5 amide bonds. The smallest absolute Gasteiger partial charge is 0.243 e. The lowest BCUT2D eigenvalue weighted by molar-refractivity contribution is -0.149. The van der Waals surface area contributed by atoms with E-state index in [1.807, 2.05) is 12.2 Å². The van der Waals surface area contributed by atoms with Gasteiger partial charge < -0.3 is 10.1 Å². The average Bonchev–Trinajstić information content (AvgIpc) is 3.76. The molecule has 0 spiro atoms. The van der Waals surface area contributed by atoms with Crippen molar-refractivity contribution in [2.45, 2.75) is 57.1 Å². The summed E-state index contributed by atoms with van der Waals surface area (Å²) in [6.07, 6.45) is 13.2. The fourth-order valence-electron chi connectivity index (χ4n) is 8.54. The molecule has 9 heteroatoms. The number of hydrogen-bond donors (Lipinski definition) is 1. The minimum Gasteiger partial charge on any atom is -0.376 e. The molecule has 10 atom stereocenters. The van der Waals surface area contributed by atoms with Gasteiger partial charge in [0.25, 0.3) is 0 Å². The molecule has 0 unspecified atom stereocenters. The van der Waals surface area contributed by atoms with E-state index >= 15 is 0 Å². The Morgan fingerprint density at radius 1 is 0.842 bits per heavy atom. The van der Waals surface area contributed by atoms with Crippen LogP contribution in [0.3, 0.4) is 0 Å². The molecule has 1 N–H and O–H groups in total. The second-order valence-corrected chi connectivity index (χ2v) is 12.3. The summed E-state index contributed by atoms with van der Waals surface area (Å²) in [6, 6.07) is -0.884. The van der Waals surface area contributed by atoms with Gasteiger partial charge in [0.1, 0.15) is 6.04 Å². The van der Waals surface area contributed by atoms with Crippen molar-refractivity contribution in [3.05, 3.63) is 24.3 Å². The number of carbonyl (C=O) groups excluding carboxylic acids is 5. The number of unbranched alkanes of at least 4 members (excludes halogenated alkanes) is 1. The summed E-state index contributed by atoms with van der Waals surface area (Å²) < 4.78 is 5.63. The molecule has 4 aliphatic carbocycles. The van der Waals surface area contributed by atoms with Crippen LogP contribution < -0.4 is 5.32 Å². The lowest BCUT2D eigenvalue weighted by Gasteiger charge is -2.28. The highest BCUT2D eigenvalue weighted by Gasteiger charge is 2.61. The molecule has 3 aliphatic heterocycles. The van der Waals surface area contributed by atoms with Crippen LogP contribution in [0.5, 0.6) is 0 Å². The Balaban J connectivity index is 1.01. The summed E-state index contributed by atoms with van der Waals surface area (Å²) in [5, 5.41) is 2.93. The number of nitrogens with zero attached hydrogens (tertiary/aromatic N) is 2. The van der Waals surface area contributed by atoms with Crippen LogP contribution in [0.2, 0.25) is 0 Å². The largest absolute Gasteiger partial charge is 0.376 e. The van der Waals surface area contributed by atoms with Gasteiger partial charge in [-0.05, 0) is 68.6 Å². The number of nitrogens with one attached hydrogen (secondary N) is 1. The lowest BCUT2D eigenvalue weighted by atomic mass is 9.85. The molecule has 7 aliphatic rings. The van der Waals surface area contributed by atoms with Gasteiger partial charge in [-0.25, -0.2) is 0 Å². The normalized spacial score (nSPS) is 40.7. The standard InChI is InChI=1S/C29H35N3O6/c33-25(30-14-19-4-3-11-38-19)20(32-28(36)23-17-8-9-18(13-17)24(23)29(32)37)5-1-2-10-31-26(34)21-15-6-7-16(12-15)22(21)27(31)35/h6-9,15-24H,1-5,10-14H2,(H,30,33)/t15-,16-,17-,18-,19-,20-,21-,22+,23+,24+/m0/s1. The van der Waals surface area contributed by atoms with Gasteiger partial charge in [-0.15, -0.1) is 0 Å². The van der Waals surface area contributed by atoms with E-state index in [0.29, 0.717) is 39.0 Å². The maximum Gasteiger partial charge on any atom is 0.243 e. The Morgan fingerprint density at radius 2 is 1.39 bits per heavy atom. The van der Waals surface area contributed by atoms with Crippen LogP contribution in [0.15, 0.2) is 24.3 Å². The first-order valence-corrected chi connectivity index (χ1v) is 14.4. The van der Waals surface area contributed by atoms with Crippen molar-refractivity contribution in [3.8, 4) is 0 Å². The molecule has 7 rings (SSSR count). The monoisotopic (exact) mass is 521 g/mol. The van der Waals surface area contributed by atoms with Crippen LogP contribution in [-0.2, 0) is 28.7 Å². The zero-order chi connectivity index (χ0) is 26.1. The predicted molar refractivity (Wildman–Crippen MR) is 134 cm³/mol. The van der Waals surface area contributed by atoms with Crippen molar-refractivity contribution in [2.24, 2.45) is 47.3 Å². The molecule has 4 bridgehead atoms. The molecular formula is C29H35N3O6. The van der Waals surface area contributed by atoms with E-state index in [1.54, 1.807) is 0 Å². The highest BCUT2D eigenvalue weighted by Crippen LogP contribution is 2.54. The number of hydrogen-bond acceptors (Lipinski definition) is 6. The van der Waals surface area contributed by atoms with E-state index in [1.165, 1.54) is 9.80 Å². The molecule has 3 heterocycles. The zero-order valence-electron chi connectivity index (χ0n) is 21.5. The van der Waals surface area contributed by atoms with E-state index in [-0.39, 0.29) is 83.0 Å². The topological polar surface area (TPSA) is 113 Å². The van der Waals surface area contributed by atoms with E-state index in [2.05, 4.69) is 17.5 Å². The first kappa shape index (κ1) is 24.2. The van der Waals surface area contributed by atoms with Gasteiger partial charge in [0.2, 0.25) is 29.5 Å². The molecule has 2 saturated carbocycles. The van der Waals surface area contributed by atoms with Crippen LogP contribution in [-0.4, -0.2) is 71.2 Å². The number of fused-ring (bicyclic) bond motifs is 10. The van der Waals surface area contributed by atoms with E-state index in [0.717, 1.165) is 25.7 Å². The quantitative estimate of drug-likeness (QED) is 0.279. The maximum absolute atomic E-state index is 13.5. The maximum atomic E-state index is 13.5. The molecule has 5 fully saturated rings. The molecule has 0 aromatic rings. The van der Waals surface area contributed by atoms with Crippen LogP contribution in [0.4, 0.5) is 0 Å². The highest BCUT2D eigenvalue weighted by atomic mass is 16.5. The summed E-state index contributed by atoms with van der Waals surface area (Å²) in [7, 11) is 0. The molecule has 0 radical (unpaired) electrons. The third-order valence-corrected chi connectivity index (χ3v) is 10.3. The van der Waals surface area contributed by atoms with Gasteiger partial charge in [-0.2, -0.15) is 0 Å². The number of imide groups is 2. The van der Waals surface area contributed by atoms with Crippen molar-refractivity contribution >= 4 is 29.5 Å². The Kier molecular flexibility index (Phi) is 5.83. The predicted octanol–water partition coefficient (Wildman–Crippen LogP) is 1.43. The average molecular weight is 522 g/mol. The molecule has 0 aromatic heterocycles. The first-order chi connectivity index (χ1) is 18.4. The Labute approximate surface area is 222 Å². The number of carbonyl (C=O) groups is 5. The van der Waals surface area contributed by atoms with Crippen molar-refractivity contribution in [2.75, 3.05) is 19.7 Å². The second kappa shape index (κ2) is 9.14. The minimum absolute atomic E-state index is 0.0413. The Hall–Kier alpha value is -2.81. The third-order valence-electron chi connectivity index (χ3n) is 10.3. The van der Waals surface area contributed by atoms with Gasteiger partial charge >= 0.3 is 0 Å². The van der Waals surface area contributed by atoms with Gasteiger partial charge in [-0.1, -0.05) is 24.3 Å².